The molecule has 0 saturated carbocycles. The lowest BCUT2D eigenvalue weighted by Crippen LogP contribution is -2.33. The molecule has 2 aromatic carbocycles. The molecular weight excluding hydrogens is 497 g/mol. The van der Waals surface area contributed by atoms with Crippen molar-refractivity contribution in [1.82, 2.24) is 29.6 Å². The second-order valence-electron chi connectivity index (χ2n) is 9.91. The number of imidazole rings is 1. The third kappa shape index (κ3) is 4.84. The maximum absolute atomic E-state index is 12.7. The number of amides is 1. The molecule has 12 heteroatoms. The number of fused-ring (bicyclic) bond motifs is 2. The van der Waals surface area contributed by atoms with Crippen LogP contribution in [0, 0.1) is 0 Å². The molecule has 0 saturated heterocycles. The Morgan fingerprint density at radius 3 is 2.47 bits per heavy atom. The van der Waals surface area contributed by atoms with E-state index in [1.807, 2.05) is 16.1 Å². The van der Waals surface area contributed by atoms with Gasteiger partial charge in [-0.1, -0.05) is 39.0 Å². The first-order chi connectivity index (χ1) is 17.9. The number of benzene rings is 2. The van der Waals surface area contributed by atoms with Gasteiger partial charge in [-0.25, -0.2) is 19.2 Å². The van der Waals surface area contributed by atoms with Gasteiger partial charge in [-0.15, -0.1) is 0 Å². The average Bonchev–Trinajstić information content (AvgIpc) is 3.44. The molecule has 0 fully saturated rings. The number of hydrogen-bond acceptors (Lipinski definition) is 6. The fraction of sp³-hybridized carbons (Fsp3) is 0.231. The van der Waals surface area contributed by atoms with Crippen molar-refractivity contribution in [3.05, 3.63) is 72.4 Å². The highest BCUT2D eigenvalue weighted by atomic mass is 19.4. The Bertz CT molecular complexity index is 1650. The lowest BCUT2D eigenvalue weighted by atomic mass is 9.87. The smallest absolute Gasteiger partial charge is 0.382 e. The van der Waals surface area contributed by atoms with Crippen LogP contribution in [0.5, 0.6) is 0 Å². The van der Waals surface area contributed by atoms with Crippen LogP contribution in [0.15, 0.2) is 61.3 Å². The number of nitrogen functional groups attached to an aromatic ring is 1. The first-order valence-electron chi connectivity index (χ1n) is 11.7. The third-order valence-electron chi connectivity index (χ3n) is 6.13. The van der Waals surface area contributed by atoms with E-state index in [0.717, 1.165) is 16.7 Å². The second kappa shape index (κ2) is 9.05. The van der Waals surface area contributed by atoms with Gasteiger partial charge in [-0.05, 0) is 40.8 Å². The summed E-state index contributed by atoms with van der Waals surface area (Å²) >= 11 is 0. The monoisotopic (exact) mass is 522 g/mol. The van der Waals surface area contributed by atoms with Crippen LogP contribution in [0.3, 0.4) is 0 Å². The number of nitrogens with two attached hydrogens (primary N) is 1. The average molecular weight is 523 g/mol. The highest BCUT2D eigenvalue weighted by Crippen LogP contribution is 2.33. The molecule has 0 aliphatic rings. The van der Waals surface area contributed by atoms with Crippen LogP contribution in [-0.4, -0.2) is 42.9 Å². The molecule has 4 N–H and O–H groups in total. The molecule has 38 heavy (non-hydrogen) atoms. The van der Waals surface area contributed by atoms with Gasteiger partial charge in [0.15, 0.2) is 5.82 Å². The summed E-state index contributed by atoms with van der Waals surface area (Å²) < 4.78 is 41.3. The maximum atomic E-state index is 12.7. The lowest BCUT2D eigenvalue weighted by Gasteiger charge is -2.19. The highest BCUT2D eigenvalue weighted by molar-refractivity contribution is 6.07. The van der Waals surface area contributed by atoms with E-state index in [2.05, 4.69) is 53.4 Å². The standard InChI is InChI=1S/C26H25F3N8O/c1-25(2,3)16-6-9-19-20(10-16)37(14-33-19)35-17-7-4-15(5-8-17)21-18(24(38)31-12-26(27,28)29)11-36-22(21)23(30)32-13-34-36/h4-11,13-14,35H,12H2,1-3H3,(H,31,38)(H2,30,32,34). The number of carbonyl (C=O) groups is 1. The number of rotatable bonds is 5. The van der Waals surface area contributed by atoms with Gasteiger partial charge in [-0.2, -0.15) is 18.3 Å². The Kier molecular flexibility index (Phi) is 5.97. The molecule has 3 heterocycles. The van der Waals surface area contributed by atoms with Crippen LogP contribution in [0.1, 0.15) is 36.7 Å². The zero-order chi connectivity index (χ0) is 27.2. The maximum Gasteiger partial charge on any atom is 0.405 e. The Morgan fingerprint density at radius 1 is 1.05 bits per heavy atom. The number of alkyl halides is 3. The first kappa shape index (κ1) is 25.1. The minimum Gasteiger partial charge on any atom is -0.382 e. The summed E-state index contributed by atoms with van der Waals surface area (Å²) in [6, 6.07) is 13.2. The van der Waals surface area contributed by atoms with Gasteiger partial charge < -0.3 is 11.1 Å². The quantitative estimate of drug-likeness (QED) is 0.306. The minimum atomic E-state index is -4.55. The fourth-order valence-corrected chi connectivity index (χ4v) is 4.19. The van der Waals surface area contributed by atoms with E-state index in [1.165, 1.54) is 22.6 Å². The van der Waals surface area contributed by atoms with Gasteiger partial charge in [0.1, 0.15) is 24.7 Å². The zero-order valence-electron chi connectivity index (χ0n) is 20.8. The molecule has 0 radical (unpaired) electrons. The molecule has 0 atom stereocenters. The molecule has 0 bridgehead atoms. The Hall–Kier alpha value is -4.61. The Labute approximate surface area is 215 Å². The SMILES string of the molecule is CC(C)(C)c1ccc2ncn(Nc3ccc(-c4c(C(=O)NCC(F)(F)F)cn5ncnc(N)c45)cc3)c2c1. The topological polar surface area (TPSA) is 115 Å². The van der Waals surface area contributed by atoms with Crippen LogP contribution in [0.25, 0.3) is 27.7 Å². The molecule has 3 aromatic heterocycles. The number of nitrogens with one attached hydrogen (secondary N) is 2. The summed E-state index contributed by atoms with van der Waals surface area (Å²) in [5.74, 6) is -0.810. The zero-order valence-corrected chi connectivity index (χ0v) is 20.8. The van der Waals surface area contributed by atoms with Crippen molar-refractivity contribution >= 4 is 34.0 Å². The van der Waals surface area contributed by atoms with Gasteiger partial charge in [0, 0.05) is 11.8 Å². The van der Waals surface area contributed by atoms with E-state index < -0.39 is 18.6 Å². The number of aromatic nitrogens is 5. The predicted octanol–water partition coefficient (Wildman–Crippen LogP) is 4.79. The molecule has 1 amide bonds. The molecule has 0 aliphatic carbocycles. The molecule has 0 spiro atoms. The van der Waals surface area contributed by atoms with Gasteiger partial charge in [-0.3, -0.25) is 10.2 Å². The van der Waals surface area contributed by atoms with E-state index in [9.17, 15) is 18.0 Å². The summed E-state index contributed by atoms with van der Waals surface area (Å²) in [5, 5.41) is 5.98. The van der Waals surface area contributed by atoms with E-state index in [1.54, 1.807) is 30.6 Å². The highest BCUT2D eigenvalue weighted by Gasteiger charge is 2.29. The van der Waals surface area contributed by atoms with E-state index in [-0.39, 0.29) is 16.8 Å². The first-order valence-corrected chi connectivity index (χ1v) is 11.7. The van der Waals surface area contributed by atoms with Crippen LogP contribution in [0.2, 0.25) is 0 Å². The fourth-order valence-electron chi connectivity index (χ4n) is 4.19. The number of halogens is 3. The van der Waals surface area contributed by atoms with Crippen molar-refractivity contribution in [2.75, 3.05) is 17.7 Å². The summed E-state index contributed by atoms with van der Waals surface area (Å²) in [5.41, 5.74) is 14.2. The van der Waals surface area contributed by atoms with Gasteiger partial charge in [0.2, 0.25) is 0 Å². The number of hydrogen-bond donors (Lipinski definition) is 3. The molecule has 0 unspecified atom stereocenters. The second-order valence-corrected chi connectivity index (χ2v) is 9.91. The lowest BCUT2D eigenvalue weighted by molar-refractivity contribution is -0.123. The summed E-state index contributed by atoms with van der Waals surface area (Å²) in [6.45, 7) is 4.96. The summed E-state index contributed by atoms with van der Waals surface area (Å²) in [4.78, 5) is 21.2. The van der Waals surface area contributed by atoms with Crippen molar-refractivity contribution in [1.29, 1.82) is 0 Å². The molecule has 0 aliphatic heterocycles. The molecule has 5 rings (SSSR count). The molecule has 196 valence electrons. The molecular formula is C26H25F3N8O. The van der Waals surface area contributed by atoms with E-state index in [0.29, 0.717) is 16.6 Å². The van der Waals surface area contributed by atoms with Crippen LogP contribution < -0.4 is 16.5 Å². The predicted molar refractivity (Wildman–Crippen MR) is 139 cm³/mol. The minimum absolute atomic E-state index is 0.00234. The van der Waals surface area contributed by atoms with Gasteiger partial charge in [0.25, 0.3) is 5.91 Å². The number of anilines is 2. The number of carbonyl (C=O) groups excluding carboxylic acids is 1. The van der Waals surface area contributed by atoms with E-state index >= 15 is 0 Å². The molecule has 5 aromatic rings. The van der Waals surface area contributed by atoms with Crippen LogP contribution in [-0.2, 0) is 5.41 Å². The van der Waals surface area contributed by atoms with Crippen LogP contribution >= 0.6 is 0 Å². The Morgan fingerprint density at radius 2 is 1.79 bits per heavy atom. The third-order valence-corrected chi connectivity index (χ3v) is 6.13. The largest absolute Gasteiger partial charge is 0.405 e. The number of nitrogens with zero attached hydrogens (tertiary/aromatic N) is 5. The van der Waals surface area contributed by atoms with Crippen molar-refractivity contribution in [3.63, 3.8) is 0 Å². The van der Waals surface area contributed by atoms with Crippen LogP contribution in [0.4, 0.5) is 24.7 Å². The van der Waals surface area contributed by atoms with Gasteiger partial charge in [0.05, 0.1) is 22.3 Å². The molecule has 9 nitrogen and oxygen atoms in total. The Balaban J connectivity index is 1.49. The van der Waals surface area contributed by atoms with Crippen molar-refractivity contribution in [2.24, 2.45) is 0 Å². The summed E-state index contributed by atoms with van der Waals surface area (Å²) in [7, 11) is 0. The van der Waals surface area contributed by atoms with Crippen molar-refractivity contribution in [2.45, 2.75) is 32.4 Å². The van der Waals surface area contributed by atoms with Crippen molar-refractivity contribution in [3.8, 4) is 11.1 Å². The van der Waals surface area contributed by atoms with Crippen molar-refractivity contribution < 1.29 is 18.0 Å². The summed E-state index contributed by atoms with van der Waals surface area (Å²) in [6.07, 6.45) is -0.318. The normalized spacial score (nSPS) is 12.3. The van der Waals surface area contributed by atoms with Gasteiger partial charge >= 0.3 is 6.18 Å². The van der Waals surface area contributed by atoms with E-state index in [4.69, 9.17) is 5.73 Å².